The highest BCUT2D eigenvalue weighted by atomic mass is 35.5. The summed E-state index contributed by atoms with van der Waals surface area (Å²) in [5.41, 5.74) is 1.16. The molecule has 0 aliphatic carbocycles. The number of halogens is 2. The zero-order valence-electron chi connectivity index (χ0n) is 10.2. The van der Waals surface area contributed by atoms with Gasteiger partial charge in [0.1, 0.15) is 0 Å². The van der Waals surface area contributed by atoms with Gasteiger partial charge in [0.15, 0.2) is 0 Å². The van der Waals surface area contributed by atoms with E-state index >= 15 is 0 Å². The molecule has 0 aliphatic heterocycles. The Labute approximate surface area is 115 Å². The van der Waals surface area contributed by atoms with Crippen molar-refractivity contribution in [2.24, 2.45) is 0 Å². The fraction of sp³-hybridized carbons (Fsp3) is 0.538. The van der Waals surface area contributed by atoms with E-state index in [-0.39, 0.29) is 12.4 Å². The summed E-state index contributed by atoms with van der Waals surface area (Å²) in [6.07, 6.45) is 2.26. The first-order chi connectivity index (χ1) is 7.84. The first kappa shape index (κ1) is 16.7. The van der Waals surface area contributed by atoms with Crippen LogP contribution in [0.25, 0.3) is 0 Å². The first-order valence-electron chi connectivity index (χ1n) is 5.86. The minimum absolute atomic E-state index is 0. The summed E-state index contributed by atoms with van der Waals surface area (Å²) in [4.78, 5) is 0. The molecule has 0 bridgehead atoms. The minimum Gasteiger partial charge on any atom is -0.382 e. The van der Waals surface area contributed by atoms with Gasteiger partial charge in [0.05, 0.1) is 0 Å². The van der Waals surface area contributed by atoms with Crippen LogP contribution in [0.15, 0.2) is 24.3 Å². The van der Waals surface area contributed by atoms with E-state index in [0.717, 1.165) is 49.7 Å². The maximum atomic E-state index is 6.05. The van der Waals surface area contributed by atoms with Gasteiger partial charge in [-0.25, -0.2) is 0 Å². The number of hydrogen-bond donors (Lipinski definition) is 1. The van der Waals surface area contributed by atoms with Gasteiger partial charge in [0.2, 0.25) is 0 Å². The Morgan fingerprint density at radius 1 is 1.24 bits per heavy atom. The largest absolute Gasteiger partial charge is 0.382 e. The lowest BCUT2D eigenvalue weighted by atomic mass is 10.2. The number of ether oxygens (including phenoxy) is 1. The molecular formula is C13H21Cl2NO. The normalized spacial score (nSPS) is 10.0. The Hall–Kier alpha value is -0.280. The minimum atomic E-state index is 0. The van der Waals surface area contributed by atoms with Crippen LogP contribution in [0.3, 0.4) is 0 Å². The third-order valence-corrected chi connectivity index (χ3v) is 2.74. The maximum absolute atomic E-state index is 6.05. The molecule has 0 spiro atoms. The molecule has 0 saturated carbocycles. The molecule has 0 atom stereocenters. The molecule has 0 amide bonds. The van der Waals surface area contributed by atoms with Gasteiger partial charge in [-0.3, -0.25) is 0 Å². The van der Waals surface area contributed by atoms with E-state index in [0.29, 0.717) is 0 Å². The van der Waals surface area contributed by atoms with Crippen LogP contribution in [-0.4, -0.2) is 19.8 Å². The smallest absolute Gasteiger partial charge is 0.0466 e. The van der Waals surface area contributed by atoms with Gasteiger partial charge in [-0.1, -0.05) is 29.8 Å². The average Bonchev–Trinajstić information content (AvgIpc) is 2.30. The van der Waals surface area contributed by atoms with Crippen molar-refractivity contribution in [3.05, 3.63) is 34.9 Å². The number of hydrogen-bond acceptors (Lipinski definition) is 2. The Kier molecular flexibility index (Phi) is 10.7. The summed E-state index contributed by atoms with van der Waals surface area (Å²) in [7, 11) is 0. The molecule has 1 aromatic rings. The van der Waals surface area contributed by atoms with Crippen molar-refractivity contribution >= 4 is 24.0 Å². The standard InChI is InChI=1S/C13H20ClNO.ClH/c1-2-16-10-6-5-9-15-11-12-7-3-4-8-13(12)14;/h3-4,7-8,15H,2,5-6,9-11H2,1H3;1H. The summed E-state index contributed by atoms with van der Waals surface area (Å²) in [5.74, 6) is 0. The van der Waals surface area contributed by atoms with Crippen LogP contribution < -0.4 is 5.32 Å². The monoisotopic (exact) mass is 277 g/mol. The quantitative estimate of drug-likeness (QED) is 0.733. The van der Waals surface area contributed by atoms with E-state index in [1.165, 1.54) is 0 Å². The third-order valence-electron chi connectivity index (χ3n) is 2.37. The summed E-state index contributed by atoms with van der Waals surface area (Å²) >= 11 is 6.05. The number of benzene rings is 1. The highest BCUT2D eigenvalue weighted by molar-refractivity contribution is 6.31. The van der Waals surface area contributed by atoms with E-state index in [9.17, 15) is 0 Å². The molecule has 2 nitrogen and oxygen atoms in total. The SMILES string of the molecule is CCOCCCCNCc1ccccc1Cl.Cl. The van der Waals surface area contributed by atoms with Crippen molar-refractivity contribution in [1.29, 1.82) is 0 Å². The molecule has 98 valence electrons. The summed E-state index contributed by atoms with van der Waals surface area (Å²) in [6, 6.07) is 7.94. The fourth-order valence-corrected chi connectivity index (χ4v) is 1.67. The van der Waals surface area contributed by atoms with E-state index in [4.69, 9.17) is 16.3 Å². The van der Waals surface area contributed by atoms with Crippen molar-refractivity contribution in [2.45, 2.75) is 26.3 Å². The molecule has 0 saturated heterocycles. The predicted molar refractivity (Wildman–Crippen MR) is 76.1 cm³/mol. The second-order valence-corrected chi connectivity index (χ2v) is 4.08. The molecule has 0 fully saturated rings. The number of nitrogens with one attached hydrogen (secondary N) is 1. The van der Waals surface area contributed by atoms with Crippen LogP contribution in [-0.2, 0) is 11.3 Å². The molecule has 1 rings (SSSR count). The second kappa shape index (κ2) is 10.8. The van der Waals surface area contributed by atoms with Crippen molar-refractivity contribution in [3.63, 3.8) is 0 Å². The fourth-order valence-electron chi connectivity index (χ4n) is 1.46. The van der Waals surface area contributed by atoms with Crippen LogP contribution >= 0.6 is 24.0 Å². The summed E-state index contributed by atoms with van der Waals surface area (Å²) in [5, 5.41) is 4.22. The Bertz CT molecular complexity index is 295. The van der Waals surface area contributed by atoms with E-state index in [2.05, 4.69) is 11.4 Å². The maximum Gasteiger partial charge on any atom is 0.0466 e. The lowest BCUT2D eigenvalue weighted by Crippen LogP contribution is -2.15. The van der Waals surface area contributed by atoms with Gasteiger partial charge in [0, 0.05) is 24.8 Å². The number of rotatable bonds is 8. The first-order valence-corrected chi connectivity index (χ1v) is 6.24. The van der Waals surface area contributed by atoms with Gasteiger partial charge in [-0.15, -0.1) is 12.4 Å². The molecule has 1 aromatic carbocycles. The van der Waals surface area contributed by atoms with Crippen molar-refractivity contribution in [1.82, 2.24) is 5.32 Å². The van der Waals surface area contributed by atoms with Gasteiger partial charge in [-0.05, 0) is 37.9 Å². The summed E-state index contributed by atoms with van der Waals surface area (Å²) in [6.45, 7) is 5.56. The van der Waals surface area contributed by atoms with Crippen LogP contribution in [0.1, 0.15) is 25.3 Å². The lowest BCUT2D eigenvalue weighted by Gasteiger charge is -2.06. The van der Waals surface area contributed by atoms with Crippen molar-refractivity contribution in [3.8, 4) is 0 Å². The number of unbranched alkanes of at least 4 members (excludes halogenated alkanes) is 1. The third kappa shape index (κ3) is 7.61. The molecule has 4 heteroatoms. The molecule has 0 aliphatic rings. The van der Waals surface area contributed by atoms with Crippen LogP contribution in [0, 0.1) is 0 Å². The molecule has 0 unspecified atom stereocenters. The average molecular weight is 278 g/mol. The van der Waals surface area contributed by atoms with Gasteiger partial charge < -0.3 is 10.1 Å². The van der Waals surface area contributed by atoms with Gasteiger partial charge in [-0.2, -0.15) is 0 Å². The van der Waals surface area contributed by atoms with Crippen LogP contribution in [0.4, 0.5) is 0 Å². The molecule has 0 heterocycles. The molecule has 0 aromatic heterocycles. The van der Waals surface area contributed by atoms with Crippen molar-refractivity contribution < 1.29 is 4.74 Å². The Morgan fingerprint density at radius 3 is 2.71 bits per heavy atom. The van der Waals surface area contributed by atoms with E-state index in [1.807, 2.05) is 25.1 Å². The highest BCUT2D eigenvalue weighted by Crippen LogP contribution is 2.14. The van der Waals surface area contributed by atoms with Crippen LogP contribution in [0.5, 0.6) is 0 Å². The zero-order valence-corrected chi connectivity index (χ0v) is 11.8. The van der Waals surface area contributed by atoms with Crippen LogP contribution in [0.2, 0.25) is 5.02 Å². The molecule has 0 radical (unpaired) electrons. The topological polar surface area (TPSA) is 21.3 Å². The van der Waals surface area contributed by atoms with Gasteiger partial charge >= 0.3 is 0 Å². The predicted octanol–water partition coefficient (Wildman–Crippen LogP) is 3.67. The molecule has 17 heavy (non-hydrogen) atoms. The molecule has 1 N–H and O–H groups in total. The van der Waals surface area contributed by atoms with E-state index < -0.39 is 0 Å². The lowest BCUT2D eigenvalue weighted by molar-refractivity contribution is 0.143. The zero-order chi connectivity index (χ0) is 11.6. The van der Waals surface area contributed by atoms with Gasteiger partial charge in [0.25, 0.3) is 0 Å². The molecular weight excluding hydrogens is 257 g/mol. The highest BCUT2D eigenvalue weighted by Gasteiger charge is 1.97. The second-order valence-electron chi connectivity index (χ2n) is 3.67. The summed E-state index contributed by atoms with van der Waals surface area (Å²) < 4.78 is 5.27. The van der Waals surface area contributed by atoms with Crippen molar-refractivity contribution in [2.75, 3.05) is 19.8 Å². The Morgan fingerprint density at radius 2 is 2.00 bits per heavy atom. The Balaban J connectivity index is 0.00000256. The van der Waals surface area contributed by atoms with E-state index in [1.54, 1.807) is 0 Å².